The first-order chi connectivity index (χ1) is 27.3. The second-order valence-electron chi connectivity index (χ2n) is 13.5. The van der Waals surface area contributed by atoms with E-state index in [0.29, 0.717) is 56.4 Å². The SMILES string of the molecule is CCOC(=O)[C@H]1Cc2cc(ccc2OCc2ccnc(-c3ccccc3OC)n2)OC[C@@H](CO)Oc2ccc(c(C)c2Cl)-c2c(C3CC3)sc3ncnc(c23)O1. The van der Waals surface area contributed by atoms with Gasteiger partial charge in [-0.2, -0.15) is 0 Å². The van der Waals surface area contributed by atoms with Gasteiger partial charge in [-0.1, -0.05) is 29.8 Å². The minimum atomic E-state index is -1.13. The number of esters is 1. The van der Waals surface area contributed by atoms with Crippen molar-refractivity contribution in [1.29, 1.82) is 0 Å². The summed E-state index contributed by atoms with van der Waals surface area (Å²) in [4.78, 5) is 34.1. The standard InChI is InChI=1S/C42H39ClN4O8S/c1-4-51-42(49)34-18-25-17-27(11-13-31(25)53-20-26-15-16-44-39(47-26)30-7-5-6-8-32(30)50-3)52-21-28(19-48)54-33-14-12-29(23(2)37(33)43)35-36-40(55-34)45-22-46-41(36)56-38(35)24-9-10-24/h5-8,11-17,22,24,28,34,48H,4,9-10,18-21H2,1-3H3/t28-,34-/m1/s1. The number of hydrogen-bond donors (Lipinski definition) is 1. The second-order valence-corrected chi connectivity index (χ2v) is 14.9. The van der Waals surface area contributed by atoms with Crippen LogP contribution in [0.15, 0.2) is 73.2 Å². The summed E-state index contributed by atoms with van der Waals surface area (Å²) in [6.07, 6.45) is 3.41. The molecule has 3 aliphatic rings. The number of para-hydroxylation sites is 1. The number of thiophene rings is 1. The van der Waals surface area contributed by atoms with Gasteiger partial charge in [-0.25, -0.2) is 24.7 Å². The molecule has 0 amide bonds. The van der Waals surface area contributed by atoms with Gasteiger partial charge >= 0.3 is 5.97 Å². The number of rotatable bonds is 9. The molecular formula is C42H39ClN4O8S. The number of methoxy groups -OCH3 is 1. The van der Waals surface area contributed by atoms with Crippen molar-refractivity contribution >= 4 is 39.1 Å². The molecule has 3 aromatic carbocycles. The number of aliphatic hydroxyl groups excluding tert-OH is 1. The topological polar surface area (TPSA) is 144 Å². The molecule has 1 N–H and O–H groups in total. The van der Waals surface area contributed by atoms with Crippen LogP contribution in [0.5, 0.6) is 28.9 Å². The molecule has 1 saturated carbocycles. The lowest BCUT2D eigenvalue weighted by atomic mass is 9.97. The number of nitrogens with zero attached hydrogens (tertiary/aromatic N) is 4. The van der Waals surface area contributed by atoms with E-state index in [-0.39, 0.29) is 38.7 Å². The smallest absolute Gasteiger partial charge is 0.347 e. The fourth-order valence-electron chi connectivity index (χ4n) is 6.70. The highest BCUT2D eigenvalue weighted by molar-refractivity contribution is 7.19. The third-order valence-corrected chi connectivity index (χ3v) is 11.4. The van der Waals surface area contributed by atoms with Crippen molar-refractivity contribution in [1.82, 2.24) is 19.9 Å². The molecule has 288 valence electrons. The molecule has 6 aromatic rings. The molecule has 2 atom stereocenters. The normalized spacial score (nSPS) is 16.7. The van der Waals surface area contributed by atoms with Gasteiger partial charge in [-0.05, 0) is 86.2 Å². The van der Waals surface area contributed by atoms with Crippen molar-refractivity contribution in [3.63, 3.8) is 0 Å². The Morgan fingerprint density at radius 3 is 2.68 bits per heavy atom. The number of hydrogen-bond acceptors (Lipinski definition) is 13. The van der Waals surface area contributed by atoms with Crippen LogP contribution in [0, 0.1) is 6.92 Å². The molecular weight excluding hydrogens is 756 g/mol. The van der Waals surface area contributed by atoms with E-state index in [0.717, 1.165) is 44.8 Å². The molecule has 0 saturated heterocycles. The van der Waals surface area contributed by atoms with Crippen LogP contribution in [0.1, 0.15) is 47.4 Å². The highest BCUT2D eigenvalue weighted by atomic mass is 35.5. The van der Waals surface area contributed by atoms with E-state index in [9.17, 15) is 9.90 Å². The molecule has 56 heavy (non-hydrogen) atoms. The highest BCUT2D eigenvalue weighted by Crippen LogP contribution is 2.54. The Kier molecular flexibility index (Phi) is 10.9. The van der Waals surface area contributed by atoms with Gasteiger partial charge in [0, 0.05) is 28.6 Å². The Balaban J connectivity index is 1.20. The molecule has 3 aromatic heterocycles. The van der Waals surface area contributed by atoms with Gasteiger partial charge in [0.2, 0.25) is 12.0 Å². The second kappa shape index (κ2) is 16.3. The van der Waals surface area contributed by atoms with Crippen LogP contribution in [-0.4, -0.2) is 70.2 Å². The zero-order chi connectivity index (χ0) is 38.8. The van der Waals surface area contributed by atoms with E-state index in [1.54, 1.807) is 61.9 Å². The number of ether oxygens (including phenoxy) is 6. The molecule has 1 fully saturated rings. The molecule has 0 spiro atoms. The molecule has 4 bridgehead atoms. The molecule has 1 aliphatic carbocycles. The molecule has 12 nitrogen and oxygen atoms in total. The number of aliphatic hydroxyl groups is 1. The van der Waals surface area contributed by atoms with E-state index in [1.165, 1.54) is 6.33 Å². The first-order valence-corrected chi connectivity index (χ1v) is 19.6. The van der Waals surface area contributed by atoms with Crippen LogP contribution in [0.25, 0.3) is 32.7 Å². The van der Waals surface area contributed by atoms with Crippen LogP contribution in [-0.2, 0) is 22.6 Å². The lowest BCUT2D eigenvalue weighted by Gasteiger charge is -2.21. The van der Waals surface area contributed by atoms with Gasteiger partial charge in [-0.15, -0.1) is 11.3 Å². The Morgan fingerprint density at radius 1 is 1.02 bits per heavy atom. The maximum atomic E-state index is 13.8. The lowest BCUT2D eigenvalue weighted by molar-refractivity contribution is -0.151. The third-order valence-electron chi connectivity index (χ3n) is 9.66. The average Bonchev–Trinajstić information content (AvgIpc) is 4.00. The van der Waals surface area contributed by atoms with E-state index in [1.807, 2.05) is 37.3 Å². The van der Waals surface area contributed by atoms with Crippen molar-refractivity contribution in [2.45, 2.75) is 57.8 Å². The number of fused-ring (bicyclic) bond motifs is 7. The van der Waals surface area contributed by atoms with Crippen molar-refractivity contribution in [2.75, 3.05) is 26.9 Å². The van der Waals surface area contributed by atoms with Crippen LogP contribution in [0.2, 0.25) is 5.02 Å². The summed E-state index contributed by atoms with van der Waals surface area (Å²) >= 11 is 8.59. The minimum absolute atomic E-state index is 0.00967. The van der Waals surface area contributed by atoms with E-state index in [2.05, 4.69) is 15.0 Å². The van der Waals surface area contributed by atoms with E-state index >= 15 is 0 Å². The predicted molar refractivity (Wildman–Crippen MR) is 211 cm³/mol. The van der Waals surface area contributed by atoms with Crippen molar-refractivity contribution in [2.24, 2.45) is 0 Å². The van der Waals surface area contributed by atoms with Gasteiger partial charge in [-0.3, -0.25) is 0 Å². The van der Waals surface area contributed by atoms with Crippen molar-refractivity contribution < 1.29 is 38.3 Å². The maximum absolute atomic E-state index is 13.8. The van der Waals surface area contributed by atoms with Crippen LogP contribution in [0.3, 0.4) is 0 Å². The first-order valence-electron chi connectivity index (χ1n) is 18.4. The van der Waals surface area contributed by atoms with E-state index < -0.39 is 18.2 Å². The fourth-order valence-corrected chi connectivity index (χ4v) is 8.23. The maximum Gasteiger partial charge on any atom is 0.347 e. The number of carbonyl (C=O) groups excluding carboxylic acids is 1. The van der Waals surface area contributed by atoms with Crippen LogP contribution >= 0.6 is 22.9 Å². The summed E-state index contributed by atoms with van der Waals surface area (Å²) in [5.74, 6) is 2.55. The molecule has 2 aliphatic heterocycles. The van der Waals surface area contributed by atoms with Gasteiger partial charge in [0.25, 0.3) is 0 Å². The summed E-state index contributed by atoms with van der Waals surface area (Å²) in [7, 11) is 1.60. The zero-order valence-electron chi connectivity index (χ0n) is 31.0. The molecule has 9 rings (SSSR count). The summed E-state index contributed by atoms with van der Waals surface area (Å²) in [6, 6.07) is 18.4. The predicted octanol–water partition coefficient (Wildman–Crippen LogP) is 7.93. The first kappa shape index (κ1) is 37.4. The Hall–Kier alpha value is -5.50. The number of halogens is 1. The van der Waals surface area contributed by atoms with E-state index in [4.69, 9.17) is 45.0 Å². The third kappa shape index (κ3) is 7.66. The highest BCUT2D eigenvalue weighted by Gasteiger charge is 2.34. The largest absolute Gasteiger partial charge is 0.496 e. The Bertz CT molecular complexity index is 2400. The molecule has 0 radical (unpaired) electrons. The van der Waals surface area contributed by atoms with Crippen LogP contribution < -0.4 is 23.7 Å². The van der Waals surface area contributed by atoms with Crippen LogP contribution in [0.4, 0.5) is 0 Å². The quantitative estimate of drug-likeness (QED) is 0.142. The minimum Gasteiger partial charge on any atom is -0.496 e. The lowest BCUT2D eigenvalue weighted by Crippen LogP contribution is -2.32. The monoisotopic (exact) mass is 794 g/mol. The average molecular weight is 795 g/mol. The number of aromatic nitrogens is 4. The number of benzene rings is 3. The fraction of sp³-hybridized carbons (Fsp3) is 0.310. The zero-order valence-corrected chi connectivity index (χ0v) is 32.6. The van der Waals surface area contributed by atoms with Gasteiger partial charge in [0.15, 0.2) is 11.9 Å². The summed E-state index contributed by atoms with van der Waals surface area (Å²) in [5, 5.41) is 11.4. The van der Waals surface area contributed by atoms with Gasteiger partial charge in [0.05, 0.1) is 42.0 Å². The molecule has 5 heterocycles. The summed E-state index contributed by atoms with van der Waals surface area (Å²) in [5.41, 5.74) is 4.57. The van der Waals surface area contributed by atoms with Crippen molar-refractivity contribution in [3.8, 4) is 51.4 Å². The summed E-state index contributed by atoms with van der Waals surface area (Å²) < 4.78 is 36.5. The molecule has 14 heteroatoms. The Labute approximate surface area is 332 Å². The summed E-state index contributed by atoms with van der Waals surface area (Å²) in [6.45, 7) is 3.61. The van der Waals surface area contributed by atoms with Crippen molar-refractivity contribution in [3.05, 3.63) is 99.9 Å². The Morgan fingerprint density at radius 2 is 1.88 bits per heavy atom. The number of carbonyl (C=O) groups is 1. The van der Waals surface area contributed by atoms with Gasteiger partial charge < -0.3 is 33.5 Å². The molecule has 0 unspecified atom stereocenters. The van der Waals surface area contributed by atoms with Gasteiger partial charge in [0.1, 0.15) is 47.4 Å².